The van der Waals surface area contributed by atoms with E-state index in [-0.39, 0.29) is 31.0 Å². The Kier molecular flexibility index (Phi) is 8.35. The summed E-state index contributed by atoms with van der Waals surface area (Å²) in [5.74, 6) is -0.353. The number of amides is 2. The van der Waals surface area contributed by atoms with Crippen molar-refractivity contribution in [3.05, 3.63) is 0 Å². The van der Waals surface area contributed by atoms with E-state index in [4.69, 9.17) is 10.5 Å². The number of hydrogen-bond donors (Lipinski definition) is 2. The van der Waals surface area contributed by atoms with Crippen LogP contribution in [0.2, 0.25) is 0 Å². The Balaban J connectivity index is 4.04. The van der Waals surface area contributed by atoms with Gasteiger partial charge in [-0.05, 0) is 20.8 Å². The fourth-order valence-electron chi connectivity index (χ4n) is 1.25. The highest BCUT2D eigenvalue weighted by molar-refractivity contribution is 5.85. The third-order valence-electron chi connectivity index (χ3n) is 2.01. The molecule has 0 atom stereocenters. The van der Waals surface area contributed by atoms with Crippen molar-refractivity contribution in [2.24, 2.45) is 5.73 Å². The average molecular weight is 245 g/mol. The van der Waals surface area contributed by atoms with Gasteiger partial charge in [0, 0.05) is 19.1 Å². The summed E-state index contributed by atoms with van der Waals surface area (Å²) in [5.41, 5.74) is 5.24. The van der Waals surface area contributed by atoms with Crippen LogP contribution in [0.15, 0.2) is 0 Å². The summed E-state index contributed by atoms with van der Waals surface area (Å²) in [5, 5.41) is 2.74. The molecule has 0 spiro atoms. The van der Waals surface area contributed by atoms with Crippen LogP contribution >= 0.6 is 0 Å². The molecule has 100 valence electrons. The molecular weight excluding hydrogens is 222 g/mol. The second kappa shape index (κ2) is 8.95. The Morgan fingerprint density at radius 1 is 1.41 bits per heavy atom. The molecule has 0 fully saturated rings. The predicted molar refractivity (Wildman–Crippen MR) is 65.4 cm³/mol. The highest BCUT2D eigenvalue weighted by Gasteiger charge is 2.15. The van der Waals surface area contributed by atoms with Crippen LogP contribution in [-0.4, -0.2) is 55.6 Å². The Hall–Kier alpha value is -1.14. The van der Waals surface area contributed by atoms with Gasteiger partial charge in [-0.3, -0.25) is 9.59 Å². The van der Waals surface area contributed by atoms with Gasteiger partial charge < -0.3 is 20.7 Å². The maximum atomic E-state index is 11.7. The molecule has 17 heavy (non-hydrogen) atoms. The van der Waals surface area contributed by atoms with Crippen molar-refractivity contribution in [1.29, 1.82) is 0 Å². The van der Waals surface area contributed by atoms with Gasteiger partial charge >= 0.3 is 0 Å². The van der Waals surface area contributed by atoms with E-state index < -0.39 is 0 Å². The number of ether oxygens (including phenoxy) is 1. The summed E-state index contributed by atoms with van der Waals surface area (Å²) in [6.45, 7) is 6.83. The van der Waals surface area contributed by atoms with E-state index in [0.29, 0.717) is 19.7 Å². The van der Waals surface area contributed by atoms with Crippen molar-refractivity contribution in [1.82, 2.24) is 10.2 Å². The van der Waals surface area contributed by atoms with Crippen LogP contribution in [0.25, 0.3) is 0 Å². The minimum Gasteiger partial charge on any atom is -0.370 e. The van der Waals surface area contributed by atoms with E-state index in [1.807, 2.05) is 20.8 Å². The zero-order valence-corrected chi connectivity index (χ0v) is 10.9. The normalized spacial score (nSPS) is 10.4. The molecule has 0 aliphatic rings. The van der Waals surface area contributed by atoms with Crippen molar-refractivity contribution in [2.45, 2.75) is 26.8 Å². The zero-order valence-electron chi connectivity index (χ0n) is 10.9. The lowest BCUT2D eigenvalue weighted by molar-refractivity contribution is -0.139. The van der Waals surface area contributed by atoms with E-state index in [1.165, 1.54) is 4.90 Å². The van der Waals surface area contributed by atoms with Gasteiger partial charge in [-0.1, -0.05) is 0 Å². The van der Waals surface area contributed by atoms with E-state index in [0.717, 1.165) is 0 Å². The molecular formula is C11H23N3O3. The molecule has 0 saturated carbocycles. The number of carbonyl (C=O) groups is 2. The maximum Gasteiger partial charge on any atom is 0.249 e. The molecule has 0 bridgehead atoms. The third-order valence-corrected chi connectivity index (χ3v) is 2.01. The molecule has 0 aromatic rings. The van der Waals surface area contributed by atoms with Crippen LogP contribution in [0.4, 0.5) is 0 Å². The summed E-state index contributed by atoms with van der Waals surface area (Å²) >= 11 is 0. The Labute approximate surface area is 102 Å². The highest BCUT2D eigenvalue weighted by atomic mass is 16.5. The van der Waals surface area contributed by atoms with Crippen LogP contribution in [0.1, 0.15) is 20.8 Å². The molecule has 0 aromatic carbocycles. The number of nitrogens with two attached hydrogens (primary N) is 1. The first-order valence-corrected chi connectivity index (χ1v) is 5.86. The quantitative estimate of drug-likeness (QED) is 0.556. The van der Waals surface area contributed by atoms with Crippen LogP contribution in [0.3, 0.4) is 0 Å². The lowest BCUT2D eigenvalue weighted by atomic mass is 10.3. The predicted octanol–water partition coefficient (Wildman–Crippen LogP) is -0.665. The number of carbonyl (C=O) groups excluding carboxylic acids is 2. The van der Waals surface area contributed by atoms with Gasteiger partial charge in [-0.25, -0.2) is 0 Å². The number of nitrogens with zero attached hydrogens (tertiary/aromatic N) is 1. The van der Waals surface area contributed by atoms with Crippen molar-refractivity contribution in [3.63, 3.8) is 0 Å². The first-order valence-electron chi connectivity index (χ1n) is 5.86. The summed E-state index contributed by atoms with van der Waals surface area (Å²) in [7, 11) is 0. The second-order valence-corrected chi connectivity index (χ2v) is 3.97. The van der Waals surface area contributed by atoms with E-state index in [1.54, 1.807) is 0 Å². The molecule has 3 N–H and O–H groups in total. The van der Waals surface area contributed by atoms with Crippen LogP contribution < -0.4 is 11.1 Å². The van der Waals surface area contributed by atoms with Crippen molar-refractivity contribution < 1.29 is 14.3 Å². The molecule has 6 heteroatoms. The van der Waals surface area contributed by atoms with E-state index in [2.05, 4.69) is 5.32 Å². The lowest BCUT2D eigenvalue weighted by Crippen LogP contribution is -2.44. The van der Waals surface area contributed by atoms with Crippen molar-refractivity contribution >= 4 is 11.8 Å². The minimum absolute atomic E-state index is 0.0278. The molecule has 0 rings (SSSR count). The van der Waals surface area contributed by atoms with E-state index >= 15 is 0 Å². The average Bonchev–Trinajstić information content (AvgIpc) is 2.25. The summed E-state index contributed by atoms with van der Waals surface area (Å²) in [6.07, 6.45) is 0. The lowest BCUT2D eigenvalue weighted by Gasteiger charge is -2.21. The Bertz CT molecular complexity index is 244. The zero-order chi connectivity index (χ0) is 13.3. The molecule has 0 aliphatic carbocycles. The molecule has 0 heterocycles. The molecule has 6 nitrogen and oxygen atoms in total. The van der Waals surface area contributed by atoms with E-state index in [9.17, 15) is 9.59 Å². The first-order chi connectivity index (χ1) is 8.01. The van der Waals surface area contributed by atoms with Gasteiger partial charge in [0.15, 0.2) is 0 Å². The molecule has 0 aromatic heterocycles. The van der Waals surface area contributed by atoms with Crippen molar-refractivity contribution in [2.75, 3.05) is 32.8 Å². The topological polar surface area (TPSA) is 84.7 Å². The summed E-state index contributed by atoms with van der Waals surface area (Å²) in [6, 6.07) is 0.0739. The standard InChI is InChI=1S/C11H23N3O3/c1-4-14(7-10(15)13-9(2)3)11(16)8-17-6-5-12/h9H,4-8,12H2,1-3H3,(H,13,15). The molecule has 2 amide bonds. The third kappa shape index (κ3) is 7.70. The van der Waals surface area contributed by atoms with Gasteiger partial charge in [0.05, 0.1) is 13.2 Å². The fraction of sp³-hybridized carbons (Fsp3) is 0.818. The second-order valence-electron chi connectivity index (χ2n) is 3.97. The molecule has 0 unspecified atom stereocenters. The Morgan fingerprint density at radius 2 is 2.06 bits per heavy atom. The number of likely N-dealkylation sites (N-methyl/N-ethyl adjacent to an activating group) is 1. The fourth-order valence-corrected chi connectivity index (χ4v) is 1.25. The maximum absolute atomic E-state index is 11.7. The first kappa shape index (κ1) is 15.9. The monoisotopic (exact) mass is 245 g/mol. The molecule has 0 radical (unpaired) electrons. The van der Waals surface area contributed by atoms with Crippen LogP contribution in [-0.2, 0) is 14.3 Å². The Morgan fingerprint density at radius 3 is 2.53 bits per heavy atom. The number of rotatable bonds is 8. The van der Waals surface area contributed by atoms with Crippen LogP contribution in [0, 0.1) is 0 Å². The number of hydrogen-bond acceptors (Lipinski definition) is 4. The molecule has 0 aliphatic heterocycles. The van der Waals surface area contributed by atoms with Gasteiger partial charge in [-0.2, -0.15) is 0 Å². The number of nitrogens with one attached hydrogen (secondary N) is 1. The SMILES string of the molecule is CCN(CC(=O)NC(C)C)C(=O)COCCN. The van der Waals surface area contributed by atoms with Gasteiger partial charge in [-0.15, -0.1) is 0 Å². The largest absolute Gasteiger partial charge is 0.370 e. The van der Waals surface area contributed by atoms with Crippen LogP contribution in [0.5, 0.6) is 0 Å². The highest BCUT2D eigenvalue weighted by Crippen LogP contribution is 1.91. The summed E-state index contributed by atoms with van der Waals surface area (Å²) in [4.78, 5) is 24.6. The smallest absolute Gasteiger partial charge is 0.249 e. The van der Waals surface area contributed by atoms with Gasteiger partial charge in [0.2, 0.25) is 11.8 Å². The summed E-state index contributed by atoms with van der Waals surface area (Å²) < 4.78 is 5.04. The van der Waals surface area contributed by atoms with Gasteiger partial charge in [0.25, 0.3) is 0 Å². The van der Waals surface area contributed by atoms with Crippen molar-refractivity contribution in [3.8, 4) is 0 Å². The molecule has 0 saturated heterocycles. The van der Waals surface area contributed by atoms with Gasteiger partial charge in [0.1, 0.15) is 6.61 Å². The minimum atomic E-state index is -0.195.